The number of sulfonamides is 2. The second kappa shape index (κ2) is 24.2. The van der Waals surface area contributed by atoms with Crippen LogP contribution in [-0.2, 0) is 56.8 Å². The lowest BCUT2D eigenvalue weighted by molar-refractivity contribution is -0.138. The fourth-order valence-corrected chi connectivity index (χ4v) is 12.3. The molecular weight excluding hydrogens is 1040 g/mol. The summed E-state index contributed by atoms with van der Waals surface area (Å²) in [6.07, 6.45) is 6.66. The Balaban J connectivity index is 0.000000181. The Morgan fingerprint density at radius 3 is 1.30 bits per heavy atom. The molecule has 19 heteroatoms. The van der Waals surface area contributed by atoms with Crippen LogP contribution in [0.4, 0.5) is 0 Å². The minimum absolute atomic E-state index is 0.0181. The molecule has 0 aliphatic carbocycles. The van der Waals surface area contributed by atoms with E-state index < -0.39 is 38.0 Å². The van der Waals surface area contributed by atoms with Crippen molar-refractivity contribution in [2.45, 2.75) is 101 Å². The van der Waals surface area contributed by atoms with Gasteiger partial charge in [-0.3, -0.25) is 27.9 Å². The van der Waals surface area contributed by atoms with Gasteiger partial charge in [0.25, 0.3) is 10.0 Å². The fraction of sp³-hybridized carbons (Fsp3) is 0.267. The lowest BCUT2D eigenvalue weighted by atomic mass is 10.1. The molecule has 4 heterocycles. The first kappa shape index (κ1) is 56.9. The molecule has 6 aromatic carbocycles. The maximum Gasteiger partial charge on any atom is 0.329 e. The van der Waals surface area contributed by atoms with Gasteiger partial charge in [0.05, 0.1) is 51.4 Å². The summed E-state index contributed by atoms with van der Waals surface area (Å²) in [5, 5.41) is 16.5. The molecular formula is C60H66N8O9S2. The van der Waals surface area contributed by atoms with Crippen molar-refractivity contribution in [3.8, 4) is 0 Å². The van der Waals surface area contributed by atoms with Crippen LogP contribution < -0.4 is 21.2 Å². The summed E-state index contributed by atoms with van der Waals surface area (Å²) in [5.41, 5.74) is 9.41. The number of hydrogen-bond acceptors (Lipinski definition) is 8. The zero-order valence-electron chi connectivity index (χ0n) is 45.1. The third-order valence-electron chi connectivity index (χ3n) is 14.2. The Hall–Kier alpha value is -8.26. The Morgan fingerprint density at radius 2 is 0.911 bits per heavy atom. The second-order valence-electron chi connectivity index (χ2n) is 19.8. The highest BCUT2D eigenvalue weighted by Crippen LogP contribution is 2.30. The van der Waals surface area contributed by atoms with E-state index in [-0.39, 0.29) is 40.1 Å². The van der Waals surface area contributed by atoms with E-state index in [0.29, 0.717) is 25.9 Å². The van der Waals surface area contributed by atoms with Gasteiger partial charge >= 0.3 is 17.3 Å². The standard InChI is InChI=1S/C30H32N4O4S.C24H27N3O3.C6H7NO2S/c1-4-11-23(18-28(35)31-39(37,38)24-13-6-5-7-14-24)34-26-16-9-8-15-25(26)33(30(34)36)20-22-19-32(3)27-17-10-12-21(2)29(22)27;1-4-8-18(13-22(28)29)27-20-11-6-5-10-19(20)26(24(27)30)15-17-14-25(3)21-12-7-9-16(2)23(17)21;7-10(8,9)6-4-2-1-3-5-6/h5-10,12-17,19,23H,4,11,18,20H2,1-3H3,(H,31,35);5-7,9-12,14,18H,4,8,13,15H2,1-3H3,(H,28,29);1-5H,(H2,7,8,9)/t23-;18-;/m00./s1. The number of aryl methyl sites for hydroxylation is 4. The minimum atomic E-state index is -4.01. The summed E-state index contributed by atoms with van der Waals surface area (Å²) in [5.74, 6) is -1.53. The molecule has 10 rings (SSSR count). The van der Waals surface area contributed by atoms with Crippen molar-refractivity contribution in [1.82, 2.24) is 32.1 Å². The summed E-state index contributed by atoms with van der Waals surface area (Å²) in [4.78, 5) is 52.2. The van der Waals surface area contributed by atoms with Gasteiger partial charge in [-0.1, -0.05) is 112 Å². The largest absolute Gasteiger partial charge is 0.481 e. The van der Waals surface area contributed by atoms with E-state index >= 15 is 0 Å². The number of carbonyl (C=O) groups is 2. The van der Waals surface area contributed by atoms with Gasteiger partial charge in [0.2, 0.25) is 15.9 Å². The monoisotopic (exact) mass is 1110 g/mol. The van der Waals surface area contributed by atoms with E-state index in [1.54, 1.807) is 54.7 Å². The number of amides is 1. The summed E-state index contributed by atoms with van der Waals surface area (Å²) in [6.45, 7) is 8.97. The molecule has 0 unspecified atom stereocenters. The summed E-state index contributed by atoms with van der Waals surface area (Å²) >= 11 is 0. The van der Waals surface area contributed by atoms with Crippen molar-refractivity contribution < 1.29 is 31.5 Å². The second-order valence-corrected chi connectivity index (χ2v) is 23.1. The van der Waals surface area contributed by atoms with Crippen LogP contribution in [-0.4, -0.2) is 61.2 Å². The van der Waals surface area contributed by atoms with Gasteiger partial charge in [-0.05, 0) is 110 Å². The van der Waals surface area contributed by atoms with E-state index in [1.165, 1.54) is 35.2 Å². The molecule has 10 aromatic rings. The number of benzene rings is 6. The number of aliphatic carboxylic acids is 1. The number of primary sulfonamides is 1. The predicted molar refractivity (Wildman–Crippen MR) is 310 cm³/mol. The number of rotatable bonds is 17. The number of nitrogens with two attached hydrogens (primary N) is 1. The molecule has 0 aliphatic rings. The van der Waals surface area contributed by atoms with E-state index in [0.717, 1.165) is 68.0 Å². The van der Waals surface area contributed by atoms with Crippen LogP contribution >= 0.6 is 0 Å². The van der Waals surface area contributed by atoms with Crippen molar-refractivity contribution in [2.75, 3.05) is 0 Å². The first-order valence-electron chi connectivity index (χ1n) is 26.1. The van der Waals surface area contributed by atoms with Crippen LogP contribution in [0.1, 0.15) is 86.7 Å². The van der Waals surface area contributed by atoms with Gasteiger partial charge in [0.15, 0.2) is 0 Å². The number of carboxylic acids is 1. The topological polar surface area (TPSA) is 224 Å². The molecule has 4 N–H and O–H groups in total. The number of hydrogen-bond donors (Lipinski definition) is 3. The van der Waals surface area contributed by atoms with Crippen LogP contribution in [0.2, 0.25) is 0 Å². The van der Waals surface area contributed by atoms with Crippen LogP contribution in [0.15, 0.2) is 177 Å². The van der Waals surface area contributed by atoms with Crippen LogP contribution in [0.3, 0.4) is 0 Å². The molecule has 2 atom stereocenters. The van der Waals surface area contributed by atoms with Gasteiger partial charge in [-0.15, -0.1) is 0 Å². The summed E-state index contributed by atoms with van der Waals surface area (Å²) in [7, 11) is -3.50. The lowest BCUT2D eigenvalue weighted by Gasteiger charge is -2.18. The third kappa shape index (κ3) is 12.4. The van der Waals surface area contributed by atoms with E-state index in [2.05, 4.69) is 64.4 Å². The van der Waals surface area contributed by atoms with Gasteiger partial charge in [0.1, 0.15) is 0 Å². The van der Waals surface area contributed by atoms with Gasteiger partial charge in [-0.2, -0.15) is 0 Å². The smallest absolute Gasteiger partial charge is 0.329 e. The molecule has 17 nitrogen and oxygen atoms in total. The van der Waals surface area contributed by atoms with E-state index in [1.807, 2.05) is 88.6 Å². The fourth-order valence-electron chi connectivity index (χ4n) is 10.7. The molecule has 0 aliphatic heterocycles. The number of carboxylic acid groups (broad SMARTS) is 1. The number of fused-ring (bicyclic) bond motifs is 4. The Morgan fingerprint density at radius 1 is 0.532 bits per heavy atom. The molecule has 0 radical (unpaired) electrons. The zero-order valence-corrected chi connectivity index (χ0v) is 46.7. The average Bonchev–Trinajstić information content (AvgIpc) is 4.31. The molecule has 4 aromatic heterocycles. The first-order chi connectivity index (χ1) is 37.7. The summed E-state index contributed by atoms with van der Waals surface area (Å²) in [6, 6.07) is 42.4. The number of para-hydroxylation sites is 4. The predicted octanol–water partition coefficient (Wildman–Crippen LogP) is 9.69. The normalized spacial score (nSPS) is 12.5. The molecule has 0 saturated carbocycles. The Labute approximate surface area is 458 Å². The molecule has 79 heavy (non-hydrogen) atoms. The molecule has 1 amide bonds. The highest BCUT2D eigenvalue weighted by molar-refractivity contribution is 7.90. The molecule has 412 valence electrons. The highest BCUT2D eigenvalue weighted by Gasteiger charge is 2.27. The highest BCUT2D eigenvalue weighted by atomic mass is 32.2. The maximum absolute atomic E-state index is 14.0. The van der Waals surface area contributed by atoms with Crippen molar-refractivity contribution in [1.29, 1.82) is 0 Å². The zero-order chi connectivity index (χ0) is 56.8. The Bertz CT molecular complexity index is 4190. The first-order valence-corrected chi connectivity index (χ1v) is 29.1. The number of nitrogens with one attached hydrogen (secondary N) is 1. The number of carbonyl (C=O) groups excluding carboxylic acids is 1. The molecule has 0 saturated heterocycles. The van der Waals surface area contributed by atoms with Gasteiger partial charge in [-0.25, -0.2) is 36.3 Å². The molecule has 0 fully saturated rings. The van der Waals surface area contributed by atoms with Crippen LogP contribution in [0.25, 0.3) is 43.9 Å². The number of aromatic nitrogens is 6. The number of imidazole rings is 2. The molecule has 0 bridgehead atoms. The van der Waals surface area contributed by atoms with Crippen molar-refractivity contribution in [2.24, 2.45) is 19.2 Å². The SMILES string of the molecule is CCC[C@@H](CC(=O)NS(=O)(=O)c1ccccc1)n1c(=O)n(Cc2cn(C)c3cccc(C)c23)c2ccccc21.CCC[C@@H](CC(=O)O)n1c(=O)n(Cc2cn(C)c3cccc(C)c23)c2ccccc21.NS(=O)(=O)c1ccccc1. The number of nitrogens with zero attached hydrogens (tertiary/aromatic N) is 6. The minimum Gasteiger partial charge on any atom is -0.481 e. The molecule has 0 spiro atoms. The van der Waals surface area contributed by atoms with Crippen molar-refractivity contribution in [3.63, 3.8) is 0 Å². The third-order valence-corrected chi connectivity index (χ3v) is 16.5. The lowest BCUT2D eigenvalue weighted by Crippen LogP contribution is -2.35. The summed E-state index contributed by atoms with van der Waals surface area (Å²) < 4.78 is 59.9. The Kier molecular flexibility index (Phi) is 17.4. The van der Waals surface area contributed by atoms with Crippen LogP contribution in [0, 0.1) is 13.8 Å². The van der Waals surface area contributed by atoms with Gasteiger partial charge in [0, 0.05) is 66.8 Å². The average molecular weight is 1110 g/mol. The van der Waals surface area contributed by atoms with E-state index in [4.69, 9.17) is 5.14 Å². The van der Waals surface area contributed by atoms with Crippen molar-refractivity contribution in [3.05, 3.63) is 201 Å². The van der Waals surface area contributed by atoms with Gasteiger partial charge < -0.3 is 14.2 Å². The maximum atomic E-state index is 14.0. The van der Waals surface area contributed by atoms with E-state index in [9.17, 15) is 41.1 Å². The van der Waals surface area contributed by atoms with Crippen molar-refractivity contribution >= 4 is 75.8 Å². The van der Waals surface area contributed by atoms with Crippen LogP contribution in [0.5, 0.6) is 0 Å². The quantitative estimate of drug-likeness (QED) is 0.0788.